The van der Waals surface area contributed by atoms with Crippen LogP contribution in [0.15, 0.2) is 231 Å². The van der Waals surface area contributed by atoms with Crippen LogP contribution in [0.25, 0.3) is 121 Å². The second kappa shape index (κ2) is 16.6. The van der Waals surface area contributed by atoms with Crippen LogP contribution in [0, 0.1) is 0 Å². The number of hydrogen-bond acceptors (Lipinski definition) is 0. The molecular formula is C70H56N2. The first-order valence-electron chi connectivity index (χ1n) is 25.4. The Morgan fingerprint density at radius 2 is 0.514 bits per heavy atom. The Balaban J connectivity index is 1.00. The van der Waals surface area contributed by atoms with Crippen LogP contribution >= 0.6 is 0 Å². The van der Waals surface area contributed by atoms with Crippen LogP contribution in [0.2, 0.25) is 0 Å². The molecule has 0 aliphatic carbocycles. The fraction of sp³-hybridized carbons (Fsp3) is 0.114. The zero-order valence-corrected chi connectivity index (χ0v) is 41.8. The molecule has 2 heteroatoms. The van der Waals surface area contributed by atoms with Gasteiger partial charge in [0.05, 0.1) is 22.1 Å². The summed E-state index contributed by atoms with van der Waals surface area (Å²) in [5.74, 6) is 0. The molecule has 2 heterocycles. The molecule has 0 N–H and O–H groups in total. The van der Waals surface area contributed by atoms with E-state index in [9.17, 15) is 0 Å². The number of fused-ring (bicyclic) bond motifs is 8. The van der Waals surface area contributed by atoms with E-state index in [0.717, 1.165) is 11.4 Å². The van der Waals surface area contributed by atoms with E-state index in [1.54, 1.807) is 0 Å². The van der Waals surface area contributed by atoms with Crippen molar-refractivity contribution in [3.63, 3.8) is 0 Å². The molecule has 0 saturated carbocycles. The predicted octanol–water partition coefficient (Wildman–Crippen LogP) is 19.5. The van der Waals surface area contributed by atoms with Gasteiger partial charge in [-0.2, -0.15) is 0 Å². The van der Waals surface area contributed by atoms with Gasteiger partial charge in [0.1, 0.15) is 0 Å². The van der Waals surface area contributed by atoms with Crippen molar-refractivity contribution in [1.82, 2.24) is 9.13 Å². The van der Waals surface area contributed by atoms with Gasteiger partial charge in [-0.25, -0.2) is 0 Å². The zero-order valence-electron chi connectivity index (χ0n) is 41.8. The van der Waals surface area contributed by atoms with Crippen LogP contribution in [0.5, 0.6) is 0 Å². The number of aromatic nitrogens is 2. The van der Waals surface area contributed by atoms with E-state index in [4.69, 9.17) is 0 Å². The Hall–Kier alpha value is -8.46. The lowest BCUT2D eigenvalue weighted by Crippen LogP contribution is -2.10. The van der Waals surface area contributed by atoms with Gasteiger partial charge >= 0.3 is 0 Å². The molecule has 0 radical (unpaired) electrons. The summed E-state index contributed by atoms with van der Waals surface area (Å²) in [6.45, 7) is 13.8. The Morgan fingerprint density at radius 3 is 0.819 bits per heavy atom. The van der Waals surface area contributed by atoms with Gasteiger partial charge in [-0.15, -0.1) is 0 Å². The monoisotopic (exact) mass is 924 g/mol. The molecule has 0 aliphatic heterocycles. The third-order valence-electron chi connectivity index (χ3n) is 15.3. The van der Waals surface area contributed by atoms with E-state index in [1.807, 2.05) is 0 Å². The fourth-order valence-electron chi connectivity index (χ4n) is 11.5. The molecule has 0 saturated heterocycles. The van der Waals surface area contributed by atoms with Crippen molar-refractivity contribution in [1.29, 1.82) is 0 Å². The van der Waals surface area contributed by atoms with Crippen molar-refractivity contribution in [2.45, 2.75) is 52.4 Å². The summed E-state index contributed by atoms with van der Waals surface area (Å²) in [5.41, 5.74) is 19.6. The predicted molar refractivity (Wildman–Crippen MR) is 309 cm³/mol. The van der Waals surface area contributed by atoms with Gasteiger partial charge in [0, 0.05) is 32.9 Å². The summed E-state index contributed by atoms with van der Waals surface area (Å²) in [5, 5.41) is 10.0. The highest BCUT2D eigenvalue weighted by atomic mass is 15.0. The third kappa shape index (κ3) is 7.16. The molecule has 11 aromatic carbocycles. The molecule has 0 fully saturated rings. The number of benzene rings is 11. The smallest absolute Gasteiger partial charge is 0.0541 e. The van der Waals surface area contributed by atoms with Crippen LogP contribution < -0.4 is 0 Å². The molecule has 0 spiro atoms. The molecule has 346 valence electrons. The normalized spacial score (nSPS) is 12.3. The van der Waals surface area contributed by atoms with Crippen LogP contribution in [0.4, 0.5) is 0 Å². The lowest BCUT2D eigenvalue weighted by atomic mass is 9.81. The van der Waals surface area contributed by atoms with E-state index in [1.165, 1.54) is 121 Å². The Morgan fingerprint density at radius 1 is 0.236 bits per heavy atom. The van der Waals surface area contributed by atoms with Crippen molar-refractivity contribution >= 4 is 65.2 Å². The van der Waals surface area contributed by atoms with Gasteiger partial charge in [-0.3, -0.25) is 0 Å². The van der Waals surface area contributed by atoms with Crippen molar-refractivity contribution in [3.8, 4) is 55.9 Å². The summed E-state index contributed by atoms with van der Waals surface area (Å²) in [6, 6.07) is 86.3. The third-order valence-corrected chi connectivity index (χ3v) is 15.3. The second-order valence-electron chi connectivity index (χ2n) is 21.8. The van der Waals surface area contributed by atoms with Crippen LogP contribution in [-0.4, -0.2) is 9.13 Å². The topological polar surface area (TPSA) is 9.86 Å². The molecule has 0 unspecified atom stereocenters. The summed E-state index contributed by atoms with van der Waals surface area (Å²) in [7, 11) is 0. The first kappa shape index (κ1) is 43.6. The van der Waals surface area contributed by atoms with Gasteiger partial charge in [-0.1, -0.05) is 211 Å². The largest absolute Gasteiger partial charge is 0.309 e. The maximum Gasteiger partial charge on any atom is 0.0541 e. The van der Waals surface area contributed by atoms with E-state index in [-0.39, 0.29) is 10.8 Å². The quantitative estimate of drug-likeness (QED) is 0.147. The second-order valence-corrected chi connectivity index (χ2v) is 21.8. The summed E-state index contributed by atoms with van der Waals surface area (Å²) >= 11 is 0. The molecule has 0 amide bonds. The molecule has 0 atom stereocenters. The van der Waals surface area contributed by atoms with Crippen LogP contribution in [0.3, 0.4) is 0 Å². The standard InChI is InChI=1S/C70H56N2/c1-69(2,3)51-33-23-47(24-34-51)67-59-41-31-50(46-29-39-54(40-30-46)72-65-21-13-9-17-57(65)58-18-10-14-22-66(58)72)44-62(59)68(48-25-35-52(36-26-48)70(4,5)6)60-42-32-49(43-61(60)67)45-27-37-53(38-28-45)71-63-19-11-7-15-55(63)56-16-8-12-20-64(56)71/h7-44H,1-6H3. The zero-order chi connectivity index (χ0) is 48.9. The average Bonchev–Trinajstić information content (AvgIpc) is 3.93. The van der Waals surface area contributed by atoms with Gasteiger partial charge in [-0.05, 0) is 149 Å². The highest BCUT2D eigenvalue weighted by Gasteiger charge is 2.22. The Kier molecular flexibility index (Phi) is 10.0. The van der Waals surface area contributed by atoms with E-state index in [2.05, 4.69) is 281 Å². The van der Waals surface area contributed by atoms with Gasteiger partial charge in [0.2, 0.25) is 0 Å². The molecule has 0 aliphatic rings. The molecule has 13 aromatic rings. The highest BCUT2D eigenvalue weighted by Crippen LogP contribution is 2.47. The molecule has 2 aromatic heterocycles. The maximum absolute atomic E-state index is 2.45. The van der Waals surface area contributed by atoms with Crippen molar-refractivity contribution in [2.75, 3.05) is 0 Å². The Bertz CT molecular complexity index is 3840. The van der Waals surface area contributed by atoms with Gasteiger partial charge in [0.15, 0.2) is 0 Å². The minimum atomic E-state index is 0.0380. The number of hydrogen-bond donors (Lipinski definition) is 0. The SMILES string of the molecule is CC(C)(C)c1ccc(-c2c3ccc(-c4ccc(-n5c6ccccc6c6ccccc65)cc4)cc3c(-c3ccc(C(C)(C)C)cc3)c3ccc(-c4ccc(-n5c6ccccc6c6ccccc65)cc4)cc23)cc1. The number of nitrogens with zero attached hydrogens (tertiary/aromatic N) is 2. The lowest BCUT2D eigenvalue weighted by Gasteiger charge is -2.22. The van der Waals surface area contributed by atoms with Crippen LogP contribution in [-0.2, 0) is 10.8 Å². The lowest BCUT2D eigenvalue weighted by molar-refractivity contribution is 0.590. The highest BCUT2D eigenvalue weighted by molar-refractivity contribution is 6.22. The first-order valence-corrected chi connectivity index (χ1v) is 25.4. The maximum atomic E-state index is 2.45. The van der Waals surface area contributed by atoms with E-state index in [0.29, 0.717) is 0 Å². The van der Waals surface area contributed by atoms with Gasteiger partial charge < -0.3 is 9.13 Å². The number of rotatable bonds is 6. The summed E-state index contributed by atoms with van der Waals surface area (Å²) in [6.07, 6.45) is 0. The minimum absolute atomic E-state index is 0.0380. The van der Waals surface area contributed by atoms with Crippen molar-refractivity contribution in [3.05, 3.63) is 242 Å². The Labute approximate surface area is 422 Å². The number of para-hydroxylation sites is 4. The molecular weight excluding hydrogens is 869 g/mol. The van der Waals surface area contributed by atoms with Crippen LogP contribution in [0.1, 0.15) is 52.7 Å². The average molecular weight is 925 g/mol. The van der Waals surface area contributed by atoms with E-state index < -0.39 is 0 Å². The van der Waals surface area contributed by atoms with Crippen molar-refractivity contribution in [2.24, 2.45) is 0 Å². The molecule has 72 heavy (non-hydrogen) atoms. The van der Waals surface area contributed by atoms with E-state index >= 15 is 0 Å². The molecule has 13 rings (SSSR count). The fourth-order valence-corrected chi connectivity index (χ4v) is 11.5. The van der Waals surface area contributed by atoms with Crippen molar-refractivity contribution < 1.29 is 0 Å². The molecule has 0 bridgehead atoms. The van der Waals surface area contributed by atoms with Gasteiger partial charge in [0.25, 0.3) is 0 Å². The summed E-state index contributed by atoms with van der Waals surface area (Å²) < 4.78 is 4.79. The first-order chi connectivity index (χ1) is 35.0. The summed E-state index contributed by atoms with van der Waals surface area (Å²) in [4.78, 5) is 0. The minimum Gasteiger partial charge on any atom is -0.309 e. The molecule has 2 nitrogen and oxygen atoms in total.